The van der Waals surface area contributed by atoms with Crippen molar-refractivity contribution in [1.29, 1.82) is 0 Å². The molecule has 0 fully saturated rings. The first-order valence-corrected chi connectivity index (χ1v) is 5.51. The van der Waals surface area contributed by atoms with Crippen LogP contribution < -0.4 is 11.1 Å². The molecule has 1 atom stereocenters. The monoisotopic (exact) mass is 280 g/mol. The third-order valence-electron chi connectivity index (χ3n) is 2.35. The molecule has 18 heavy (non-hydrogen) atoms. The average Bonchev–Trinajstić information content (AvgIpc) is 2.29. The van der Waals surface area contributed by atoms with Gasteiger partial charge in [-0.1, -0.05) is 18.5 Å². The van der Waals surface area contributed by atoms with Gasteiger partial charge in [-0.15, -0.1) is 0 Å². The molecule has 0 saturated heterocycles. The Hall–Kier alpha value is -1.27. The van der Waals surface area contributed by atoms with Crippen LogP contribution in [0.15, 0.2) is 18.2 Å². The summed E-state index contributed by atoms with van der Waals surface area (Å²) in [6.07, 6.45) is -4.48. The molecule has 0 aliphatic carbocycles. The number of halogens is 4. The maximum Gasteiger partial charge on any atom is 0.416 e. The average molecular weight is 281 g/mol. The van der Waals surface area contributed by atoms with Gasteiger partial charge in [0.15, 0.2) is 0 Å². The van der Waals surface area contributed by atoms with Crippen molar-refractivity contribution in [2.75, 3.05) is 11.9 Å². The minimum absolute atomic E-state index is 0.0422. The maximum atomic E-state index is 12.5. The quantitative estimate of drug-likeness (QED) is 0.894. The highest BCUT2D eigenvalue weighted by Crippen LogP contribution is 2.33. The number of carbonyl (C=O) groups is 1. The van der Waals surface area contributed by atoms with Crippen LogP contribution >= 0.6 is 11.6 Å². The van der Waals surface area contributed by atoms with E-state index in [0.717, 1.165) is 18.2 Å². The van der Waals surface area contributed by atoms with Gasteiger partial charge in [0.05, 0.1) is 16.3 Å². The van der Waals surface area contributed by atoms with Gasteiger partial charge in [-0.3, -0.25) is 4.79 Å². The van der Waals surface area contributed by atoms with Crippen LogP contribution in [0.25, 0.3) is 0 Å². The van der Waals surface area contributed by atoms with E-state index in [0.29, 0.717) is 0 Å². The second-order valence-electron chi connectivity index (χ2n) is 3.82. The molecule has 0 aliphatic rings. The second kappa shape index (κ2) is 5.58. The first-order chi connectivity index (χ1) is 8.25. The summed E-state index contributed by atoms with van der Waals surface area (Å²) in [5.74, 6) is -0.977. The van der Waals surface area contributed by atoms with Crippen LogP contribution in [0.3, 0.4) is 0 Å². The summed E-state index contributed by atoms with van der Waals surface area (Å²) in [5.41, 5.74) is 4.34. The molecular weight excluding hydrogens is 269 g/mol. The maximum absolute atomic E-state index is 12.5. The second-order valence-corrected chi connectivity index (χ2v) is 4.23. The van der Waals surface area contributed by atoms with Crippen LogP contribution in [0.1, 0.15) is 12.5 Å². The number of hydrogen-bond acceptors (Lipinski definition) is 2. The lowest BCUT2D eigenvalue weighted by molar-refractivity contribution is -0.137. The number of benzene rings is 1. The fourth-order valence-corrected chi connectivity index (χ4v) is 1.33. The van der Waals surface area contributed by atoms with Crippen LogP contribution in [0.2, 0.25) is 5.02 Å². The van der Waals surface area contributed by atoms with Gasteiger partial charge in [0.1, 0.15) is 0 Å². The molecule has 1 aromatic carbocycles. The fraction of sp³-hybridized carbons (Fsp3) is 0.364. The molecule has 0 heterocycles. The molecule has 3 N–H and O–H groups in total. The van der Waals surface area contributed by atoms with E-state index in [1.165, 1.54) is 0 Å². The zero-order valence-corrected chi connectivity index (χ0v) is 10.3. The highest BCUT2D eigenvalue weighted by molar-refractivity contribution is 6.33. The predicted molar refractivity (Wildman–Crippen MR) is 63.3 cm³/mol. The first-order valence-electron chi connectivity index (χ1n) is 5.13. The lowest BCUT2D eigenvalue weighted by atomic mass is 10.1. The smallest absolute Gasteiger partial charge is 0.330 e. The number of anilines is 1. The molecule has 0 aromatic heterocycles. The number of nitrogens with one attached hydrogen (secondary N) is 1. The van der Waals surface area contributed by atoms with Gasteiger partial charge >= 0.3 is 6.18 Å². The molecule has 0 bridgehead atoms. The van der Waals surface area contributed by atoms with E-state index in [2.05, 4.69) is 5.32 Å². The van der Waals surface area contributed by atoms with Crippen molar-refractivity contribution < 1.29 is 18.0 Å². The zero-order chi connectivity index (χ0) is 13.9. The Labute approximate surface area is 107 Å². The zero-order valence-electron chi connectivity index (χ0n) is 9.51. The molecule has 0 radical (unpaired) electrons. The molecular formula is C11H12ClF3N2O. The molecule has 1 rings (SSSR count). The minimum Gasteiger partial charge on any atom is -0.330 e. The van der Waals surface area contributed by atoms with Crippen molar-refractivity contribution in [3.8, 4) is 0 Å². The predicted octanol–water partition coefficient (Wildman–Crippen LogP) is 2.89. The van der Waals surface area contributed by atoms with E-state index < -0.39 is 23.6 Å². The van der Waals surface area contributed by atoms with Gasteiger partial charge < -0.3 is 11.1 Å². The highest BCUT2D eigenvalue weighted by Gasteiger charge is 2.31. The number of carbonyl (C=O) groups excluding carboxylic acids is 1. The number of alkyl halides is 3. The van der Waals surface area contributed by atoms with Gasteiger partial charge in [0.2, 0.25) is 5.91 Å². The van der Waals surface area contributed by atoms with Gasteiger partial charge in [-0.05, 0) is 18.2 Å². The normalized spacial score (nSPS) is 13.2. The van der Waals surface area contributed by atoms with Crippen LogP contribution in [0, 0.1) is 5.92 Å². The minimum atomic E-state index is -4.48. The fourth-order valence-electron chi connectivity index (χ4n) is 1.16. The van der Waals surface area contributed by atoms with Gasteiger partial charge in [-0.2, -0.15) is 13.2 Å². The molecule has 3 nitrogen and oxygen atoms in total. The molecule has 7 heteroatoms. The Morgan fingerprint density at radius 1 is 1.50 bits per heavy atom. The Balaban J connectivity index is 2.99. The van der Waals surface area contributed by atoms with E-state index >= 15 is 0 Å². The summed E-state index contributed by atoms with van der Waals surface area (Å²) in [5, 5.41) is 2.36. The van der Waals surface area contributed by atoms with Gasteiger partial charge in [0, 0.05) is 12.5 Å². The van der Waals surface area contributed by atoms with E-state index in [1.807, 2.05) is 0 Å². The molecule has 0 aliphatic heterocycles. The third kappa shape index (κ3) is 3.61. The van der Waals surface area contributed by atoms with Crippen LogP contribution in [0.4, 0.5) is 18.9 Å². The molecule has 1 unspecified atom stereocenters. The van der Waals surface area contributed by atoms with Crippen molar-refractivity contribution in [2.24, 2.45) is 11.7 Å². The summed E-state index contributed by atoms with van der Waals surface area (Å²) in [4.78, 5) is 11.5. The van der Waals surface area contributed by atoms with E-state index in [9.17, 15) is 18.0 Å². The molecule has 1 amide bonds. The van der Waals surface area contributed by atoms with E-state index in [4.69, 9.17) is 17.3 Å². The molecule has 0 spiro atoms. The topological polar surface area (TPSA) is 55.1 Å². The van der Waals surface area contributed by atoms with E-state index in [1.54, 1.807) is 6.92 Å². The molecule has 100 valence electrons. The van der Waals surface area contributed by atoms with Crippen LogP contribution in [-0.2, 0) is 11.0 Å². The van der Waals surface area contributed by atoms with Gasteiger partial charge in [-0.25, -0.2) is 0 Å². The first kappa shape index (κ1) is 14.8. The largest absolute Gasteiger partial charge is 0.416 e. The summed E-state index contributed by atoms with van der Waals surface area (Å²) in [6, 6.07) is 2.74. The number of amides is 1. The molecule has 1 aromatic rings. The van der Waals surface area contributed by atoms with Crippen molar-refractivity contribution in [3.63, 3.8) is 0 Å². The van der Waals surface area contributed by atoms with Crippen molar-refractivity contribution in [1.82, 2.24) is 0 Å². The molecule has 0 saturated carbocycles. The number of hydrogen-bond donors (Lipinski definition) is 2. The summed E-state index contributed by atoms with van der Waals surface area (Å²) >= 11 is 5.72. The summed E-state index contributed by atoms with van der Waals surface area (Å²) in [6.45, 7) is 1.67. The third-order valence-corrected chi connectivity index (χ3v) is 2.68. The van der Waals surface area contributed by atoms with E-state index in [-0.39, 0.29) is 17.3 Å². The number of rotatable bonds is 3. The highest BCUT2D eigenvalue weighted by atomic mass is 35.5. The van der Waals surface area contributed by atoms with Crippen LogP contribution in [-0.4, -0.2) is 12.5 Å². The Kier molecular flexibility index (Phi) is 4.59. The Morgan fingerprint density at radius 2 is 2.11 bits per heavy atom. The summed E-state index contributed by atoms with van der Waals surface area (Å²) < 4.78 is 37.5. The van der Waals surface area contributed by atoms with Crippen LogP contribution in [0.5, 0.6) is 0 Å². The van der Waals surface area contributed by atoms with Crippen molar-refractivity contribution in [2.45, 2.75) is 13.1 Å². The summed E-state index contributed by atoms with van der Waals surface area (Å²) in [7, 11) is 0. The Morgan fingerprint density at radius 3 is 2.61 bits per heavy atom. The number of nitrogens with two attached hydrogens (primary N) is 1. The Bertz CT molecular complexity index is 448. The standard InChI is InChI=1S/C11H12ClF3N2O/c1-6(5-16)10(18)17-9-4-7(11(13,14)15)2-3-8(9)12/h2-4,6H,5,16H2,1H3,(H,17,18). The van der Waals surface area contributed by atoms with Gasteiger partial charge in [0.25, 0.3) is 0 Å². The van der Waals surface area contributed by atoms with Crippen molar-refractivity contribution >= 4 is 23.2 Å². The van der Waals surface area contributed by atoms with Crippen molar-refractivity contribution in [3.05, 3.63) is 28.8 Å². The lowest BCUT2D eigenvalue weighted by Gasteiger charge is -2.13. The lowest BCUT2D eigenvalue weighted by Crippen LogP contribution is -2.26. The SMILES string of the molecule is CC(CN)C(=O)Nc1cc(C(F)(F)F)ccc1Cl.